The summed E-state index contributed by atoms with van der Waals surface area (Å²) in [6.07, 6.45) is 2.52. The van der Waals surface area contributed by atoms with Gasteiger partial charge in [-0.3, -0.25) is 0 Å². The molecule has 4 heteroatoms. The minimum atomic E-state index is -0.634. The Bertz CT molecular complexity index is 412. The molecule has 1 N–H and O–H groups in total. The van der Waals surface area contributed by atoms with Crippen molar-refractivity contribution in [3.05, 3.63) is 33.3 Å². The Hall–Kier alpha value is -0.0900. The molecule has 94 valence electrons. The maximum absolute atomic E-state index is 10.6. The molecule has 1 aliphatic rings. The highest BCUT2D eigenvalue weighted by molar-refractivity contribution is 9.10. The van der Waals surface area contributed by atoms with Gasteiger partial charge in [0.05, 0.1) is 5.60 Å². The maximum atomic E-state index is 10.6. The Morgan fingerprint density at radius 3 is 2.94 bits per heavy atom. The molecule has 1 fully saturated rings. The zero-order chi connectivity index (χ0) is 12.5. The highest BCUT2D eigenvalue weighted by atomic mass is 79.9. The zero-order valence-electron chi connectivity index (χ0n) is 9.92. The van der Waals surface area contributed by atoms with E-state index in [1.807, 2.05) is 25.2 Å². The predicted molar refractivity (Wildman–Crippen MR) is 74.5 cm³/mol. The number of hydrogen-bond acceptors (Lipinski definition) is 2. The van der Waals surface area contributed by atoms with Crippen molar-refractivity contribution in [2.24, 2.45) is 0 Å². The van der Waals surface area contributed by atoms with Gasteiger partial charge >= 0.3 is 0 Å². The number of benzene rings is 1. The van der Waals surface area contributed by atoms with E-state index in [2.05, 4.69) is 20.8 Å². The van der Waals surface area contributed by atoms with Gasteiger partial charge in [-0.2, -0.15) is 0 Å². The van der Waals surface area contributed by atoms with Crippen LogP contribution in [0.3, 0.4) is 0 Å². The largest absolute Gasteiger partial charge is 0.388 e. The topological polar surface area (TPSA) is 23.5 Å². The third kappa shape index (κ3) is 3.44. The van der Waals surface area contributed by atoms with Gasteiger partial charge < -0.3 is 10.0 Å². The van der Waals surface area contributed by atoms with E-state index in [1.54, 1.807) is 0 Å². The lowest BCUT2D eigenvalue weighted by Gasteiger charge is -2.37. The molecule has 0 aliphatic carbocycles. The molecule has 0 spiro atoms. The predicted octanol–water partition coefficient (Wildman–Crippen LogP) is 3.10. The second-order valence-electron chi connectivity index (χ2n) is 4.98. The molecule has 17 heavy (non-hydrogen) atoms. The summed E-state index contributed by atoms with van der Waals surface area (Å²) in [5.74, 6) is 0. The minimum Gasteiger partial charge on any atom is -0.388 e. The van der Waals surface area contributed by atoms with E-state index in [1.165, 1.54) is 0 Å². The molecule has 0 bridgehead atoms. The zero-order valence-corrected chi connectivity index (χ0v) is 12.3. The van der Waals surface area contributed by atoms with Crippen LogP contribution < -0.4 is 0 Å². The molecular formula is C13H17BrClNO. The molecule has 0 saturated carbocycles. The Balaban J connectivity index is 2.14. The maximum Gasteiger partial charge on any atom is 0.0815 e. The van der Waals surface area contributed by atoms with E-state index in [0.29, 0.717) is 6.42 Å². The first-order chi connectivity index (χ1) is 7.98. The van der Waals surface area contributed by atoms with Crippen molar-refractivity contribution in [1.29, 1.82) is 0 Å². The molecule has 1 atom stereocenters. The second kappa shape index (κ2) is 5.27. The molecule has 1 saturated heterocycles. The van der Waals surface area contributed by atoms with Crippen molar-refractivity contribution in [2.45, 2.75) is 24.9 Å². The standard InChI is InChI=1S/C13H17BrClNO/c1-16-6-2-5-13(17,9-16)8-10-3-4-11(14)7-12(10)15/h3-4,7,17H,2,5-6,8-9H2,1H3. The normalized spacial score (nSPS) is 26.1. The second-order valence-corrected chi connectivity index (χ2v) is 6.30. The molecule has 2 rings (SSSR count). The van der Waals surface area contributed by atoms with Crippen molar-refractivity contribution >= 4 is 27.5 Å². The highest BCUT2D eigenvalue weighted by Gasteiger charge is 2.32. The molecule has 1 aromatic carbocycles. The number of likely N-dealkylation sites (tertiary alicyclic amines) is 1. The third-order valence-electron chi connectivity index (χ3n) is 3.28. The van der Waals surface area contributed by atoms with Gasteiger partial charge in [0.1, 0.15) is 0 Å². The van der Waals surface area contributed by atoms with Crippen LogP contribution in [0.15, 0.2) is 22.7 Å². The summed E-state index contributed by atoms with van der Waals surface area (Å²) in [6, 6.07) is 5.84. The van der Waals surface area contributed by atoms with Gasteiger partial charge in [-0.15, -0.1) is 0 Å². The number of halogens is 2. The fourth-order valence-electron chi connectivity index (χ4n) is 2.50. The van der Waals surface area contributed by atoms with Crippen LogP contribution in [0.2, 0.25) is 5.02 Å². The molecule has 1 aromatic rings. The average molecular weight is 319 g/mol. The van der Waals surface area contributed by atoms with Gasteiger partial charge in [0.15, 0.2) is 0 Å². The van der Waals surface area contributed by atoms with Crippen molar-refractivity contribution < 1.29 is 5.11 Å². The van der Waals surface area contributed by atoms with E-state index in [9.17, 15) is 5.11 Å². The van der Waals surface area contributed by atoms with E-state index in [0.717, 1.165) is 41.0 Å². The van der Waals surface area contributed by atoms with Gasteiger partial charge in [0, 0.05) is 22.5 Å². The van der Waals surface area contributed by atoms with Crippen LogP contribution in [0.25, 0.3) is 0 Å². The Morgan fingerprint density at radius 1 is 1.53 bits per heavy atom. The third-order valence-corrected chi connectivity index (χ3v) is 4.13. The van der Waals surface area contributed by atoms with Gasteiger partial charge in [0.2, 0.25) is 0 Å². The first-order valence-corrected chi connectivity index (χ1v) is 7.00. The summed E-state index contributed by atoms with van der Waals surface area (Å²) in [5.41, 5.74) is 0.387. The fraction of sp³-hybridized carbons (Fsp3) is 0.538. The van der Waals surface area contributed by atoms with Gasteiger partial charge in [-0.05, 0) is 44.1 Å². The summed E-state index contributed by atoms with van der Waals surface area (Å²) in [7, 11) is 2.05. The lowest BCUT2D eigenvalue weighted by atomic mass is 9.87. The summed E-state index contributed by atoms with van der Waals surface area (Å²) in [6.45, 7) is 1.79. The molecule has 2 nitrogen and oxygen atoms in total. The van der Waals surface area contributed by atoms with Crippen molar-refractivity contribution in [2.75, 3.05) is 20.1 Å². The van der Waals surface area contributed by atoms with E-state index in [4.69, 9.17) is 11.6 Å². The van der Waals surface area contributed by atoms with Crippen LogP contribution in [0.1, 0.15) is 18.4 Å². The van der Waals surface area contributed by atoms with Crippen LogP contribution in [0, 0.1) is 0 Å². The number of likely N-dealkylation sites (N-methyl/N-ethyl adjacent to an activating group) is 1. The Morgan fingerprint density at radius 2 is 2.29 bits per heavy atom. The Labute approximate surface area is 116 Å². The number of rotatable bonds is 2. The van der Waals surface area contributed by atoms with E-state index >= 15 is 0 Å². The van der Waals surface area contributed by atoms with Gasteiger partial charge in [-0.1, -0.05) is 33.6 Å². The van der Waals surface area contributed by atoms with E-state index < -0.39 is 5.60 Å². The molecule has 0 aromatic heterocycles. The lowest BCUT2D eigenvalue weighted by molar-refractivity contribution is -0.0223. The number of aliphatic hydroxyl groups is 1. The molecule has 1 unspecified atom stereocenters. The first-order valence-electron chi connectivity index (χ1n) is 5.83. The van der Waals surface area contributed by atoms with Crippen molar-refractivity contribution in [3.63, 3.8) is 0 Å². The Kier molecular flexibility index (Phi) is 4.14. The smallest absolute Gasteiger partial charge is 0.0815 e. The van der Waals surface area contributed by atoms with Gasteiger partial charge in [0.25, 0.3) is 0 Å². The molecule has 0 radical (unpaired) electrons. The average Bonchev–Trinajstić information content (AvgIpc) is 2.22. The monoisotopic (exact) mass is 317 g/mol. The summed E-state index contributed by atoms with van der Waals surface area (Å²) >= 11 is 9.58. The van der Waals surface area contributed by atoms with Crippen molar-refractivity contribution in [1.82, 2.24) is 4.90 Å². The van der Waals surface area contributed by atoms with Gasteiger partial charge in [-0.25, -0.2) is 0 Å². The van der Waals surface area contributed by atoms with Crippen LogP contribution in [0.5, 0.6) is 0 Å². The quantitative estimate of drug-likeness (QED) is 0.906. The lowest BCUT2D eigenvalue weighted by Crippen LogP contribution is -2.47. The van der Waals surface area contributed by atoms with Crippen LogP contribution in [-0.4, -0.2) is 35.7 Å². The summed E-state index contributed by atoms with van der Waals surface area (Å²) < 4.78 is 0.971. The number of nitrogens with zero attached hydrogens (tertiary/aromatic N) is 1. The van der Waals surface area contributed by atoms with Crippen LogP contribution in [-0.2, 0) is 6.42 Å². The number of β-amino-alcohol motifs (C(OH)–C–C–N with tert-alkyl or cyclic N) is 1. The van der Waals surface area contributed by atoms with Crippen LogP contribution >= 0.6 is 27.5 Å². The number of piperidine rings is 1. The SMILES string of the molecule is CN1CCCC(O)(Cc2ccc(Br)cc2Cl)C1. The molecule has 0 amide bonds. The number of hydrogen-bond donors (Lipinski definition) is 1. The fourth-order valence-corrected chi connectivity index (χ4v) is 3.24. The minimum absolute atomic E-state index is 0.628. The molecule has 1 heterocycles. The summed E-state index contributed by atoms with van der Waals surface area (Å²) in [5, 5.41) is 11.3. The highest BCUT2D eigenvalue weighted by Crippen LogP contribution is 2.29. The van der Waals surface area contributed by atoms with E-state index in [-0.39, 0.29) is 0 Å². The molecular weight excluding hydrogens is 302 g/mol. The first kappa shape index (κ1) is 13.3. The summed E-state index contributed by atoms with van der Waals surface area (Å²) in [4.78, 5) is 2.18. The van der Waals surface area contributed by atoms with Crippen molar-refractivity contribution in [3.8, 4) is 0 Å². The molecule has 1 aliphatic heterocycles. The van der Waals surface area contributed by atoms with Crippen LogP contribution in [0.4, 0.5) is 0 Å².